The molecule has 1 aromatic heterocycles. The molecular formula is C13H20BrNO3S. The number of nitrogens with one attached hydrogen (secondary N) is 1. The summed E-state index contributed by atoms with van der Waals surface area (Å²) in [4.78, 5) is 11.8. The average Bonchev–Trinajstić information content (AvgIpc) is 2.76. The molecule has 108 valence electrons. The van der Waals surface area contributed by atoms with E-state index in [-0.39, 0.29) is 18.1 Å². The summed E-state index contributed by atoms with van der Waals surface area (Å²) in [6, 6.07) is -0.330. The summed E-state index contributed by atoms with van der Waals surface area (Å²) >= 11 is 5.02. The Morgan fingerprint density at radius 2 is 2.00 bits per heavy atom. The molecule has 1 atom stereocenters. The summed E-state index contributed by atoms with van der Waals surface area (Å²) in [6.45, 7) is 7.07. The minimum absolute atomic E-state index is 0.0749. The number of ether oxygens (including phenoxy) is 2. The van der Waals surface area contributed by atoms with Crippen LogP contribution in [0.5, 0.6) is 0 Å². The maximum Gasteiger partial charge on any atom is 0.169 e. The summed E-state index contributed by atoms with van der Waals surface area (Å²) in [6.07, 6.45) is -0.325. The van der Waals surface area contributed by atoms with E-state index in [0.29, 0.717) is 19.8 Å². The standard InChI is InChI=1S/C13H20BrNO3S/c1-4-17-12(18-5-2)6-15-13(9(3)16)10-7-19-8-11(10)14/h7-8,12-13,15H,4-6H2,1-3H3. The van der Waals surface area contributed by atoms with Gasteiger partial charge in [0.05, 0.1) is 6.04 Å². The molecule has 1 unspecified atom stereocenters. The highest BCUT2D eigenvalue weighted by molar-refractivity contribution is 9.10. The van der Waals surface area contributed by atoms with E-state index in [1.54, 1.807) is 18.3 Å². The van der Waals surface area contributed by atoms with Crippen molar-refractivity contribution in [3.8, 4) is 0 Å². The topological polar surface area (TPSA) is 47.6 Å². The fourth-order valence-electron chi connectivity index (χ4n) is 1.72. The normalized spacial score (nSPS) is 12.9. The van der Waals surface area contributed by atoms with Crippen LogP contribution in [0.15, 0.2) is 15.2 Å². The van der Waals surface area contributed by atoms with Crippen LogP contribution in [0.1, 0.15) is 32.4 Å². The van der Waals surface area contributed by atoms with Gasteiger partial charge < -0.3 is 9.47 Å². The van der Waals surface area contributed by atoms with Crippen molar-refractivity contribution in [2.45, 2.75) is 33.1 Å². The molecule has 0 fully saturated rings. The minimum atomic E-state index is -0.330. The van der Waals surface area contributed by atoms with Crippen LogP contribution in [0.3, 0.4) is 0 Å². The quantitative estimate of drug-likeness (QED) is 0.695. The maximum absolute atomic E-state index is 11.8. The van der Waals surface area contributed by atoms with Gasteiger partial charge in [-0.3, -0.25) is 10.1 Å². The fourth-order valence-corrected chi connectivity index (χ4v) is 3.27. The van der Waals surface area contributed by atoms with Crippen LogP contribution in [0.25, 0.3) is 0 Å². The highest BCUT2D eigenvalue weighted by Crippen LogP contribution is 2.27. The Morgan fingerprint density at radius 1 is 1.37 bits per heavy atom. The van der Waals surface area contributed by atoms with Crippen molar-refractivity contribution in [3.63, 3.8) is 0 Å². The Labute approximate surface area is 126 Å². The highest BCUT2D eigenvalue weighted by Gasteiger charge is 2.21. The molecule has 0 aliphatic rings. The predicted molar refractivity (Wildman–Crippen MR) is 80.5 cm³/mol. The van der Waals surface area contributed by atoms with Gasteiger partial charge in [-0.25, -0.2) is 0 Å². The second-order valence-electron chi connectivity index (χ2n) is 3.97. The molecule has 4 nitrogen and oxygen atoms in total. The van der Waals surface area contributed by atoms with Gasteiger partial charge in [0.25, 0.3) is 0 Å². The van der Waals surface area contributed by atoms with E-state index in [9.17, 15) is 4.79 Å². The molecule has 0 radical (unpaired) electrons. The molecular weight excluding hydrogens is 330 g/mol. The number of Topliss-reactive ketones (excluding diaryl/α,β-unsaturated/α-hetero) is 1. The Bertz CT molecular complexity index is 391. The number of hydrogen-bond acceptors (Lipinski definition) is 5. The van der Waals surface area contributed by atoms with E-state index in [1.165, 1.54) is 0 Å². The predicted octanol–water partition coefficient (Wildman–Crippen LogP) is 3.13. The van der Waals surface area contributed by atoms with Gasteiger partial charge in [-0.15, -0.1) is 0 Å². The molecule has 0 bridgehead atoms. The second-order valence-corrected chi connectivity index (χ2v) is 5.57. The van der Waals surface area contributed by atoms with E-state index in [4.69, 9.17) is 9.47 Å². The van der Waals surface area contributed by atoms with Gasteiger partial charge >= 0.3 is 0 Å². The number of carbonyl (C=O) groups excluding carboxylic acids is 1. The Balaban J connectivity index is 2.64. The van der Waals surface area contributed by atoms with E-state index >= 15 is 0 Å². The van der Waals surface area contributed by atoms with Crippen LogP contribution in [0, 0.1) is 0 Å². The van der Waals surface area contributed by atoms with Gasteiger partial charge in [-0.2, -0.15) is 11.3 Å². The molecule has 1 heterocycles. The third kappa shape index (κ3) is 5.31. The van der Waals surface area contributed by atoms with Gasteiger partial charge in [0.15, 0.2) is 12.1 Å². The van der Waals surface area contributed by atoms with Crippen molar-refractivity contribution in [2.24, 2.45) is 0 Å². The summed E-state index contributed by atoms with van der Waals surface area (Å²) in [5.74, 6) is 0.0749. The molecule has 0 aliphatic carbocycles. The molecule has 19 heavy (non-hydrogen) atoms. The van der Waals surface area contributed by atoms with E-state index in [1.807, 2.05) is 24.6 Å². The number of thiophene rings is 1. The zero-order valence-electron chi connectivity index (χ0n) is 11.4. The number of halogens is 1. The molecule has 1 rings (SSSR count). The van der Waals surface area contributed by atoms with Crippen molar-refractivity contribution >= 4 is 33.0 Å². The molecule has 0 saturated carbocycles. The van der Waals surface area contributed by atoms with Crippen LogP contribution in [-0.4, -0.2) is 31.8 Å². The molecule has 0 aromatic carbocycles. The Morgan fingerprint density at radius 3 is 2.42 bits per heavy atom. The van der Waals surface area contributed by atoms with Crippen molar-refractivity contribution < 1.29 is 14.3 Å². The van der Waals surface area contributed by atoms with Gasteiger partial charge in [-0.1, -0.05) is 0 Å². The van der Waals surface area contributed by atoms with Crippen LogP contribution in [0.2, 0.25) is 0 Å². The van der Waals surface area contributed by atoms with Crippen molar-refractivity contribution in [3.05, 3.63) is 20.8 Å². The molecule has 0 saturated heterocycles. The van der Waals surface area contributed by atoms with Crippen molar-refractivity contribution in [1.82, 2.24) is 5.32 Å². The van der Waals surface area contributed by atoms with Crippen LogP contribution < -0.4 is 5.32 Å². The third-order valence-electron chi connectivity index (χ3n) is 2.55. The van der Waals surface area contributed by atoms with Gasteiger partial charge in [0.2, 0.25) is 0 Å². The van der Waals surface area contributed by atoms with Gasteiger partial charge in [0.1, 0.15) is 0 Å². The summed E-state index contributed by atoms with van der Waals surface area (Å²) in [5, 5.41) is 7.15. The first-order valence-corrected chi connectivity index (χ1v) is 8.02. The summed E-state index contributed by atoms with van der Waals surface area (Å²) in [7, 11) is 0. The van der Waals surface area contributed by atoms with Crippen molar-refractivity contribution in [1.29, 1.82) is 0 Å². The number of hydrogen-bond donors (Lipinski definition) is 1. The SMILES string of the molecule is CCOC(CNC(C(C)=O)c1cscc1Br)OCC. The van der Waals surface area contributed by atoms with E-state index in [0.717, 1.165) is 10.0 Å². The van der Waals surface area contributed by atoms with Crippen LogP contribution in [0.4, 0.5) is 0 Å². The summed E-state index contributed by atoms with van der Waals surface area (Å²) < 4.78 is 11.9. The van der Waals surface area contributed by atoms with Gasteiger partial charge in [-0.05, 0) is 42.1 Å². The molecule has 6 heteroatoms. The molecule has 0 spiro atoms. The number of carbonyl (C=O) groups is 1. The van der Waals surface area contributed by atoms with Crippen LogP contribution >= 0.6 is 27.3 Å². The molecule has 0 amide bonds. The Kier molecular flexibility index (Phi) is 7.78. The zero-order valence-corrected chi connectivity index (χ0v) is 13.8. The van der Waals surface area contributed by atoms with Crippen molar-refractivity contribution in [2.75, 3.05) is 19.8 Å². The molecule has 1 N–H and O–H groups in total. The Hall–Kier alpha value is -0.270. The molecule has 1 aromatic rings. The summed E-state index contributed by atoms with van der Waals surface area (Å²) in [5.41, 5.74) is 0.962. The fraction of sp³-hybridized carbons (Fsp3) is 0.615. The largest absolute Gasteiger partial charge is 0.352 e. The lowest BCUT2D eigenvalue weighted by atomic mass is 10.1. The number of ketones is 1. The minimum Gasteiger partial charge on any atom is -0.352 e. The lowest BCUT2D eigenvalue weighted by Gasteiger charge is -2.21. The van der Waals surface area contributed by atoms with Gasteiger partial charge in [0, 0.05) is 35.2 Å². The van der Waals surface area contributed by atoms with E-state index in [2.05, 4.69) is 21.2 Å². The first kappa shape index (κ1) is 16.8. The first-order chi connectivity index (χ1) is 9.10. The lowest BCUT2D eigenvalue weighted by Crippen LogP contribution is -2.36. The average molecular weight is 350 g/mol. The zero-order chi connectivity index (χ0) is 14.3. The molecule has 0 aliphatic heterocycles. The maximum atomic E-state index is 11.8. The second kappa shape index (κ2) is 8.81. The van der Waals surface area contributed by atoms with Crippen LogP contribution in [-0.2, 0) is 14.3 Å². The third-order valence-corrected chi connectivity index (χ3v) is 4.31. The van der Waals surface area contributed by atoms with E-state index < -0.39 is 0 Å². The number of rotatable bonds is 9. The monoisotopic (exact) mass is 349 g/mol. The lowest BCUT2D eigenvalue weighted by molar-refractivity contribution is -0.135. The smallest absolute Gasteiger partial charge is 0.169 e. The highest BCUT2D eigenvalue weighted by atomic mass is 79.9. The first-order valence-electron chi connectivity index (χ1n) is 6.28.